The standard InChI is InChI=1S/C24H32O4S/c1-6-26-16-17-29-23(24(3,4)5)22(25)18-8-10-20(11-9-18)28-21-14-12-19(13-15-21)27-7-2/h8-15,23H,6-7,16-17H2,1-5H3. The van der Waals surface area contributed by atoms with E-state index >= 15 is 0 Å². The first-order chi connectivity index (χ1) is 13.8. The van der Waals surface area contributed by atoms with E-state index in [9.17, 15) is 4.79 Å². The van der Waals surface area contributed by atoms with E-state index in [1.54, 1.807) is 11.8 Å². The van der Waals surface area contributed by atoms with Gasteiger partial charge in [0.25, 0.3) is 0 Å². The molecule has 0 spiro atoms. The zero-order valence-electron chi connectivity index (χ0n) is 18.1. The van der Waals surface area contributed by atoms with E-state index in [4.69, 9.17) is 14.2 Å². The molecule has 0 amide bonds. The van der Waals surface area contributed by atoms with Crippen LogP contribution < -0.4 is 9.47 Å². The number of benzene rings is 2. The maximum atomic E-state index is 13.1. The van der Waals surface area contributed by atoms with E-state index in [1.165, 1.54) is 0 Å². The third kappa shape index (κ3) is 7.41. The minimum Gasteiger partial charge on any atom is -0.494 e. The summed E-state index contributed by atoms with van der Waals surface area (Å²) in [4.78, 5) is 13.1. The molecule has 2 aromatic carbocycles. The molecular formula is C24H32O4S. The predicted octanol–water partition coefficient (Wildman–Crippen LogP) is 6.24. The van der Waals surface area contributed by atoms with Crippen molar-refractivity contribution in [2.45, 2.75) is 39.9 Å². The third-order valence-corrected chi connectivity index (χ3v) is 5.91. The number of hydrogen-bond donors (Lipinski definition) is 0. The van der Waals surface area contributed by atoms with Gasteiger partial charge < -0.3 is 14.2 Å². The monoisotopic (exact) mass is 416 g/mol. The Bertz CT molecular complexity index is 748. The second-order valence-electron chi connectivity index (χ2n) is 7.71. The van der Waals surface area contributed by atoms with Crippen molar-refractivity contribution in [3.05, 3.63) is 54.1 Å². The molecule has 4 nitrogen and oxygen atoms in total. The van der Waals surface area contributed by atoms with Crippen molar-refractivity contribution in [1.82, 2.24) is 0 Å². The van der Waals surface area contributed by atoms with E-state index in [0.717, 1.165) is 17.3 Å². The molecule has 0 radical (unpaired) electrons. The van der Waals surface area contributed by atoms with E-state index in [-0.39, 0.29) is 16.4 Å². The summed E-state index contributed by atoms with van der Waals surface area (Å²) in [6.45, 7) is 12.2. The number of Topliss-reactive ketones (excluding diaryl/α,β-unsaturated/α-hetero) is 1. The molecular weight excluding hydrogens is 384 g/mol. The molecule has 2 aromatic rings. The van der Waals surface area contributed by atoms with Crippen LogP contribution in [-0.4, -0.2) is 36.6 Å². The summed E-state index contributed by atoms with van der Waals surface area (Å²) < 4.78 is 16.7. The minimum absolute atomic E-state index is 0.124. The molecule has 0 aliphatic heterocycles. The second-order valence-corrected chi connectivity index (χ2v) is 8.92. The number of ketones is 1. The van der Waals surface area contributed by atoms with Crippen LogP contribution in [-0.2, 0) is 4.74 Å². The first-order valence-electron chi connectivity index (χ1n) is 10.1. The van der Waals surface area contributed by atoms with Gasteiger partial charge in [-0.1, -0.05) is 20.8 Å². The number of carbonyl (C=O) groups is 1. The lowest BCUT2D eigenvalue weighted by Crippen LogP contribution is -2.32. The van der Waals surface area contributed by atoms with Gasteiger partial charge >= 0.3 is 0 Å². The largest absolute Gasteiger partial charge is 0.494 e. The summed E-state index contributed by atoms with van der Waals surface area (Å²) in [7, 11) is 0. The fraction of sp³-hybridized carbons (Fsp3) is 0.458. The van der Waals surface area contributed by atoms with Gasteiger partial charge in [0.1, 0.15) is 17.2 Å². The summed E-state index contributed by atoms with van der Waals surface area (Å²) in [6.07, 6.45) is 0. The van der Waals surface area contributed by atoms with Crippen molar-refractivity contribution in [3.63, 3.8) is 0 Å². The highest BCUT2D eigenvalue weighted by Crippen LogP contribution is 2.33. The van der Waals surface area contributed by atoms with Gasteiger partial charge in [-0.3, -0.25) is 4.79 Å². The number of rotatable bonds is 11. The third-order valence-electron chi connectivity index (χ3n) is 4.25. The molecule has 0 saturated carbocycles. The van der Waals surface area contributed by atoms with E-state index in [2.05, 4.69) is 20.8 Å². The van der Waals surface area contributed by atoms with Crippen LogP contribution >= 0.6 is 11.8 Å². The number of carbonyl (C=O) groups excluding carboxylic acids is 1. The van der Waals surface area contributed by atoms with Gasteiger partial charge in [-0.05, 0) is 67.8 Å². The Hall–Kier alpha value is -1.98. The smallest absolute Gasteiger partial charge is 0.176 e. The van der Waals surface area contributed by atoms with E-state index in [0.29, 0.717) is 31.1 Å². The van der Waals surface area contributed by atoms with Crippen LogP contribution in [0.2, 0.25) is 0 Å². The van der Waals surface area contributed by atoms with Crippen molar-refractivity contribution in [2.75, 3.05) is 25.6 Å². The lowest BCUT2D eigenvalue weighted by molar-refractivity contribution is 0.0950. The van der Waals surface area contributed by atoms with Crippen LogP contribution in [0.25, 0.3) is 0 Å². The normalized spacial score (nSPS) is 12.4. The fourth-order valence-electron chi connectivity index (χ4n) is 2.83. The first-order valence-corrected chi connectivity index (χ1v) is 11.1. The van der Waals surface area contributed by atoms with Crippen LogP contribution in [0.1, 0.15) is 45.0 Å². The quantitative estimate of drug-likeness (QED) is 0.320. The van der Waals surface area contributed by atoms with Gasteiger partial charge in [0.2, 0.25) is 0 Å². The predicted molar refractivity (Wildman–Crippen MR) is 121 cm³/mol. The van der Waals surface area contributed by atoms with Crippen molar-refractivity contribution in [1.29, 1.82) is 0 Å². The van der Waals surface area contributed by atoms with Crippen LogP contribution in [0.3, 0.4) is 0 Å². The molecule has 0 saturated heterocycles. The van der Waals surface area contributed by atoms with Gasteiger partial charge in [0.05, 0.1) is 18.5 Å². The van der Waals surface area contributed by atoms with Crippen molar-refractivity contribution in [3.8, 4) is 17.2 Å². The lowest BCUT2D eigenvalue weighted by atomic mass is 9.87. The SMILES string of the molecule is CCOCCSC(C(=O)c1ccc(Oc2ccc(OCC)cc2)cc1)C(C)(C)C. The van der Waals surface area contributed by atoms with Gasteiger partial charge in [-0.25, -0.2) is 0 Å². The van der Waals surface area contributed by atoms with Gasteiger partial charge in [-0.15, -0.1) is 11.8 Å². The molecule has 0 aromatic heterocycles. The Balaban J connectivity index is 2.03. The molecule has 0 heterocycles. The maximum Gasteiger partial charge on any atom is 0.176 e. The number of ether oxygens (including phenoxy) is 3. The summed E-state index contributed by atoms with van der Waals surface area (Å²) >= 11 is 1.67. The number of thioether (sulfide) groups is 1. The van der Waals surface area contributed by atoms with E-state index < -0.39 is 0 Å². The second kappa shape index (κ2) is 11.3. The molecule has 1 atom stereocenters. The van der Waals surface area contributed by atoms with Crippen LogP contribution in [0, 0.1) is 5.41 Å². The molecule has 0 fully saturated rings. The van der Waals surface area contributed by atoms with Gasteiger partial charge in [0.15, 0.2) is 5.78 Å². The summed E-state index contributed by atoms with van der Waals surface area (Å²) in [5, 5.41) is -0.124. The van der Waals surface area contributed by atoms with E-state index in [1.807, 2.05) is 62.4 Å². The highest BCUT2D eigenvalue weighted by molar-refractivity contribution is 8.00. The highest BCUT2D eigenvalue weighted by atomic mass is 32.2. The Labute approximate surface area is 178 Å². The lowest BCUT2D eigenvalue weighted by Gasteiger charge is -2.29. The Kier molecular flexibility index (Phi) is 9.05. The molecule has 0 bridgehead atoms. The molecule has 0 N–H and O–H groups in total. The highest BCUT2D eigenvalue weighted by Gasteiger charge is 2.32. The van der Waals surface area contributed by atoms with Crippen molar-refractivity contribution < 1.29 is 19.0 Å². The zero-order valence-corrected chi connectivity index (χ0v) is 18.9. The Morgan fingerprint density at radius 2 is 1.45 bits per heavy atom. The average molecular weight is 417 g/mol. The van der Waals surface area contributed by atoms with Crippen molar-refractivity contribution >= 4 is 17.5 Å². The molecule has 1 unspecified atom stereocenters. The summed E-state index contributed by atoms with van der Waals surface area (Å²) in [6, 6.07) is 14.9. The zero-order chi connectivity index (χ0) is 21.3. The maximum absolute atomic E-state index is 13.1. The van der Waals surface area contributed by atoms with Gasteiger partial charge in [-0.2, -0.15) is 0 Å². The fourth-order valence-corrected chi connectivity index (χ4v) is 4.07. The van der Waals surface area contributed by atoms with Crippen LogP contribution in [0.15, 0.2) is 48.5 Å². The molecule has 0 aliphatic rings. The van der Waals surface area contributed by atoms with Crippen LogP contribution in [0.4, 0.5) is 0 Å². The molecule has 2 rings (SSSR count). The molecule has 29 heavy (non-hydrogen) atoms. The summed E-state index contributed by atoms with van der Waals surface area (Å²) in [5.74, 6) is 3.19. The number of hydrogen-bond acceptors (Lipinski definition) is 5. The molecule has 0 aliphatic carbocycles. The van der Waals surface area contributed by atoms with Crippen LogP contribution in [0.5, 0.6) is 17.2 Å². The Morgan fingerprint density at radius 3 is 1.97 bits per heavy atom. The first kappa shape index (κ1) is 23.3. The molecule has 158 valence electrons. The molecule has 5 heteroatoms. The minimum atomic E-state index is -0.133. The average Bonchev–Trinajstić information content (AvgIpc) is 2.69. The Morgan fingerprint density at radius 1 is 0.897 bits per heavy atom. The summed E-state index contributed by atoms with van der Waals surface area (Å²) in [5.41, 5.74) is 0.568. The topological polar surface area (TPSA) is 44.8 Å². The van der Waals surface area contributed by atoms with Crippen molar-refractivity contribution in [2.24, 2.45) is 5.41 Å². The van der Waals surface area contributed by atoms with Gasteiger partial charge in [0, 0.05) is 17.9 Å².